The maximum absolute atomic E-state index is 4.80. The average molecular weight is 162 g/mol. The molecule has 0 saturated heterocycles. The minimum Gasteiger partial charge on any atom is -0.364 e. The molecular formula is C8H8N3O. The van der Waals surface area contributed by atoms with Gasteiger partial charge in [0.2, 0.25) is 0 Å². The van der Waals surface area contributed by atoms with E-state index in [0.29, 0.717) is 0 Å². The Bertz CT molecular complexity index is 388. The Morgan fingerprint density at radius 3 is 2.92 bits per heavy atom. The smallest absolute Gasteiger partial charge is 0.176 e. The van der Waals surface area contributed by atoms with Gasteiger partial charge in [0.25, 0.3) is 0 Å². The maximum atomic E-state index is 4.80. The molecule has 2 rings (SSSR count). The molecule has 0 atom stereocenters. The highest BCUT2D eigenvalue weighted by molar-refractivity contribution is 5.55. The van der Waals surface area contributed by atoms with Crippen LogP contribution in [0, 0.1) is 13.3 Å². The van der Waals surface area contributed by atoms with Crippen LogP contribution in [0.3, 0.4) is 0 Å². The Labute approximate surface area is 69.8 Å². The van der Waals surface area contributed by atoms with Crippen molar-refractivity contribution in [2.75, 3.05) is 0 Å². The van der Waals surface area contributed by atoms with Gasteiger partial charge in [-0.2, -0.15) is 0 Å². The molecule has 4 heteroatoms. The molecule has 2 heterocycles. The molecule has 1 radical (unpaired) electrons. The number of nitrogens with zero attached hydrogens (tertiary/aromatic N) is 3. The zero-order valence-electron chi connectivity index (χ0n) is 6.90. The summed E-state index contributed by atoms with van der Waals surface area (Å²) in [6.07, 6.45) is 6.22. The molecule has 0 unspecified atom stereocenters. The summed E-state index contributed by atoms with van der Waals surface area (Å²) in [4.78, 5) is 4.03. The van der Waals surface area contributed by atoms with Crippen LogP contribution in [0.15, 0.2) is 17.0 Å². The topological polar surface area (TPSA) is 43.9 Å². The number of hydrogen-bond donors (Lipinski definition) is 0. The molecule has 61 valence electrons. The fourth-order valence-electron chi connectivity index (χ4n) is 1.02. The van der Waals surface area contributed by atoms with Crippen LogP contribution in [0.2, 0.25) is 0 Å². The van der Waals surface area contributed by atoms with Crippen molar-refractivity contribution in [1.29, 1.82) is 0 Å². The van der Waals surface area contributed by atoms with Crippen LogP contribution in [-0.4, -0.2) is 14.7 Å². The standard InChI is InChI=1S/C8H8N3O/c1-6-4-12-10-8(6)7-3-11(2)5-9-7/h3-4H,1-2H3. The first-order chi connectivity index (χ1) is 5.77. The third-order valence-corrected chi connectivity index (χ3v) is 1.63. The third-order valence-electron chi connectivity index (χ3n) is 1.63. The fraction of sp³-hybridized carbons (Fsp3) is 0.250. The van der Waals surface area contributed by atoms with E-state index >= 15 is 0 Å². The summed E-state index contributed by atoms with van der Waals surface area (Å²) in [6, 6.07) is 0. The zero-order valence-corrected chi connectivity index (χ0v) is 6.90. The first kappa shape index (κ1) is 7.09. The van der Waals surface area contributed by atoms with Gasteiger partial charge in [-0.1, -0.05) is 5.16 Å². The lowest BCUT2D eigenvalue weighted by Crippen LogP contribution is -1.80. The van der Waals surface area contributed by atoms with Gasteiger partial charge in [0.05, 0.1) is 0 Å². The predicted molar refractivity (Wildman–Crippen MR) is 42.3 cm³/mol. The van der Waals surface area contributed by atoms with Crippen LogP contribution in [0.4, 0.5) is 0 Å². The van der Waals surface area contributed by atoms with Crippen LogP contribution in [0.25, 0.3) is 11.4 Å². The lowest BCUT2D eigenvalue weighted by Gasteiger charge is -1.87. The highest BCUT2D eigenvalue weighted by Gasteiger charge is 2.08. The first-order valence-electron chi connectivity index (χ1n) is 3.60. The Morgan fingerprint density at radius 2 is 2.42 bits per heavy atom. The highest BCUT2D eigenvalue weighted by Crippen LogP contribution is 2.17. The van der Waals surface area contributed by atoms with Gasteiger partial charge in [-0.15, -0.1) is 0 Å². The molecule has 4 nitrogen and oxygen atoms in total. The number of hydrogen-bond acceptors (Lipinski definition) is 3. The van der Waals surface area contributed by atoms with Crippen molar-refractivity contribution in [2.45, 2.75) is 6.92 Å². The van der Waals surface area contributed by atoms with Crippen molar-refractivity contribution in [3.8, 4) is 11.4 Å². The lowest BCUT2D eigenvalue weighted by atomic mass is 10.2. The van der Waals surface area contributed by atoms with Gasteiger partial charge in [-0.3, -0.25) is 0 Å². The third kappa shape index (κ3) is 1.01. The summed E-state index contributed by atoms with van der Waals surface area (Å²) in [5, 5.41) is 3.83. The molecule has 12 heavy (non-hydrogen) atoms. The van der Waals surface area contributed by atoms with Crippen molar-refractivity contribution < 1.29 is 4.52 Å². The van der Waals surface area contributed by atoms with Gasteiger partial charge in [-0.05, 0) is 6.92 Å². The minimum absolute atomic E-state index is 0.784. The van der Waals surface area contributed by atoms with Crippen molar-refractivity contribution in [3.05, 3.63) is 24.4 Å². The van der Waals surface area contributed by atoms with E-state index in [0.717, 1.165) is 17.0 Å². The van der Waals surface area contributed by atoms with E-state index in [1.165, 1.54) is 0 Å². The Morgan fingerprint density at radius 1 is 1.58 bits per heavy atom. The minimum atomic E-state index is 0.784. The molecule has 0 amide bonds. The summed E-state index contributed by atoms with van der Waals surface area (Å²) >= 11 is 0. The molecule has 2 aromatic heterocycles. The van der Waals surface area contributed by atoms with Gasteiger partial charge in [0.15, 0.2) is 6.33 Å². The van der Waals surface area contributed by atoms with E-state index in [4.69, 9.17) is 4.52 Å². The summed E-state index contributed by atoms with van der Waals surface area (Å²) in [6.45, 7) is 1.93. The molecule has 2 aromatic rings. The van der Waals surface area contributed by atoms with Crippen LogP contribution in [0.1, 0.15) is 5.56 Å². The Balaban J connectivity index is 2.50. The van der Waals surface area contributed by atoms with Crippen molar-refractivity contribution in [1.82, 2.24) is 14.7 Å². The highest BCUT2D eigenvalue weighted by atomic mass is 16.5. The lowest BCUT2D eigenvalue weighted by molar-refractivity contribution is 0.421. The largest absolute Gasteiger partial charge is 0.364 e. The second kappa shape index (κ2) is 2.48. The number of rotatable bonds is 1. The molecule has 0 saturated carbocycles. The quantitative estimate of drug-likeness (QED) is 0.632. The van der Waals surface area contributed by atoms with E-state index < -0.39 is 0 Å². The Hall–Kier alpha value is -1.58. The molecule has 0 aliphatic rings. The summed E-state index contributed by atoms with van der Waals surface area (Å²) in [5.74, 6) is 0. The molecule has 0 aliphatic heterocycles. The summed E-state index contributed by atoms with van der Waals surface area (Å²) < 4.78 is 6.55. The van der Waals surface area contributed by atoms with Crippen LogP contribution in [0.5, 0.6) is 0 Å². The predicted octanol–water partition coefficient (Wildman–Crippen LogP) is 1.18. The van der Waals surface area contributed by atoms with Crippen LogP contribution >= 0.6 is 0 Å². The molecule has 0 spiro atoms. The molecule has 0 fully saturated rings. The van der Waals surface area contributed by atoms with Gasteiger partial charge >= 0.3 is 0 Å². The van der Waals surface area contributed by atoms with Crippen molar-refractivity contribution >= 4 is 0 Å². The summed E-state index contributed by atoms with van der Waals surface area (Å²) in [7, 11) is 1.87. The Kier molecular flexibility index (Phi) is 1.46. The average Bonchev–Trinajstić information content (AvgIpc) is 2.58. The maximum Gasteiger partial charge on any atom is 0.176 e. The monoisotopic (exact) mass is 162 g/mol. The van der Waals surface area contributed by atoms with E-state index in [9.17, 15) is 0 Å². The second-order valence-electron chi connectivity index (χ2n) is 2.68. The van der Waals surface area contributed by atoms with Crippen LogP contribution in [-0.2, 0) is 7.05 Å². The SMILES string of the molecule is Cc1conc1-c1cn(C)[c]n1. The molecule has 0 N–H and O–H groups in total. The first-order valence-corrected chi connectivity index (χ1v) is 3.60. The van der Waals surface area contributed by atoms with E-state index in [1.54, 1.807) is 10.8 Å². The van der Waals surface area contributed by atoms with Gasteiger partial charge in [0.1, 0.15) is 17.7 Å². The van der Waals surface area contributed by atoms with Crippen LogP contribution < -0.4 is 0 Å². The number of aromatic nitrogens is 3. The van der Waals surface area contributed by atoms with E-state index in [2.05, 4.69) is 16.5 Å². The molecule has 0 bridgehead atoms. The molecule has 0 aliphatic carbocycles. The normalized spacial score (nSPS) is 10.5. The number of aryl methyl sites for hydroxylation is 2. The number of imidazole rings is 1. The van der Waals surface area contributed by atoms with Crippen molar-refractivity contribution in [2.24, 2.45) is 7.05 Å². The van der Waals surface area contributed by atoms with E-state index in [1.807, 2.05) is 20.2 Å². The summed E-state index contributed by atoms with van der Waals surface area (Å²) in [5.41, 5.74) is 2.57. The second-order valence-corrected chi connectivity index (χ2v) is 2.68. The van der Waals surface area contributed by atoms with Gasteiger partial charge in [-0.25, -0.2) is 4.98 Å². The van der Waals surface area contributed by atoms with Gasteiger partial charge < -0.3 is 9.09 Å². The molecule has 0 aromatic carbocycles. The van der Waals surface area contributed by atoms with Gasteiger partial charge in [0, 0.05) is 18.8 Å². The van der Waals surface area contributed by atoms with E-state index in [-0.39, 0.29) is 0 Å². The zero-order chi connectivity index (χ0) is 8.55. The fourth-order valence-corrected chi connectivity index (χ4v) is 1.02. The van der Waals surface area contributed by atoms with Crippen molar-refractivity contribution in [3.63, 3.8) is 0 Å². The molecular weight excluding hydrogens is 154 g/mol.